The molecule has 0 saturated carbocycles. The van der Waals surface area contributed by atoms with Crippen molar-refractivity contribution in [1.29, 1.82) is 0 Å². The van der Waals surface area contributed by atoms with Crippen molar-refractivity contribution in [2.75, 3.05) is 6.61 Å². The number of ether oxygens (including phenoxy) is 1. The summed E-state index contributed by atoms with van der Waals surface area (Å²) < 4.78 is 5.74. The average molecular weight is 411 g/mol. The molecule has 162 valence electrons. The molecule has 0 heterocycles. The van der Waals surface area contributed by atoms with E-state index in [9.17, 15) is 9.59 Å². The molecule has 2 aromatic carbocycles. The Morgan fingerprint density at radius 2 is 1.57 bits per heavy atom. The molecule has 5 heteroatoms. The summed E-state index contributed by atoms with van der Waals surface area (Å²) in [6.07, 6.45) is 1.48. The fourth-order valence-electron chi connectivity index (χ4n) is 3.24. The smallest absolute Gasteiger partial charge is 0.261 e. The zero-order valence-electron chi connectivity index (χ0n) is 18.8. The molecule has 1 N–H and O–H groups in total. The van der Waals surface area contributed by atoms with E-state index in [2.05, 4.69) is 12.2 Å². The van der Waals surface area contributed by atoms with Crippen molar-refractivity contribution in [2.45, 2.75) is 66.1 Å². The Morgan fingerprint density at radius 1 is 0.967 bits per heavy atom. The molecule has 0 bridgehead atoms. The van der Waals surface area contributed by atoms with Crippen molar-refractivity contribution in [1.82, 2.24) is 10.2 Å². The number of aryl methyl sites for hydroxylation is 2. The normalized spacial score (nSPS) is 11.8. The minimum atomic E-state index is -0.549. The lowest BCUT2D eigenvalue weighted by atomic mass is 10.1. The molecule has 0 unspecified atom stereocenters. The lowest BCUT2D eigenvalue weighted by molar-refractivity contribution is -0.143. The third-order valence-electron chi connectivity index (χ3n) is 4.98. The van der Waals surface area contributed by atoms with Gasteiger partial charge in [0.2, 0.25) is 5.91 Å². The summed E-state index contributed by atoms with van der Waals surface area (Å²) in [6, 6.07) is 15.2. The summed E-state index contributed by atoms with van der Waals surface area (Å²) in [6.45, 7) is 10.1. The zero-order chi connectivity index (χ0) is 22.1. The van der Waals surface area contributed by atoms with Gasteiger partial charge in [0.25, 0.3) is 5.91 Å². The molecule has 2 rings (SSSR count). The number of benzene rings is 2. The lowest BCUT2D eigenvalue weighted by Crippen LogP contribution is -2.51. The summed E-state index contributed by atoms with van der Waals surface area (Å²) in [5.41, 5.74) is 3.35. The van der Waals surface area contributed by atoms with Gasteiger partial charge in [-0.1, -0.05) is 55.8 Å². The first-order valence-electron chi connectivity index (χ1n) is 10.7. The highest BCUT2D eigenvalue weighted by Crippen LogP contribution is 2.16. The van der Waals surface area contributed by atoms with Crippen molar-refractivity contribution < 1.29 is 14.3 Å². The van der Waals surface area contributed by atoms with Gasteiger partial charge >= 0.3 is 0 Å². The van der Waals surface area contributed by atoms with E-state index in [0.29, 0.717) is 18.7 Å². The van der Waals surface area contributed by atoms with Crippen LogP contribution in [0.3, 0.4) is 0 Å². The number of amides is 2. The highest BCUT2D eigenvalue weighted by atomic mass is 16.5. The molecule has 0 spiro atoms. The van der Waals surface area contributed by atoms with E-state index < -0.39 is 6.04 Å². The Bertz CT molecular complexity index is 813. The van der Waals surface area contributed by atoms with Crippen LogP contribution in [0.25, 0.3) is 0 Å². The van der Waals surface area contributed by atoms with Gasteiger partial charge in [-0.25, -0.2) is 0 Å². The topological polar surface area (TPSA) is 58.6 Å². The molecule has 1 atom stereocenters. The van der Waals surface area contributed by atoms with E-state index in [0.717, 1.165) is 17.5 Å². The van der Waals surface area contributed by atoms with Gasteiger partial charge in [0.1, 0.15) is 11.8 Å². The Kier molecular flexibility index (Phi) is 8.90. The first-order valence-corrected chi connectivity index (χ1v) is 10.7. The van der Waals surface area contributed by atoms with Crippen LogP contribution in [0.5, 0.6) is 5.75 Å². The predicted octanol–water partition coefficient (Wildman–Crippen LogP) is 4.27. The van der Waals surface area contributed by atoms with Crippen LogP contribution in [0.4, 0.5) is 0 Å². The van der Waals surface area contributed by atoms with Crippen LogP contribution >= 0.6 is 0 Å². The highest BCUT2D eigenvalue weighted by Gasteiger charge is 2.29. The molecule has 2 amide bonds. The lowest BCUT2D eigenvalue weighted by Gasteiger charge is -2.31. The second-order valence-corrected chi connectivity index (χ2v) is 7.88. The van der Waals surface area contributed by atoms with E-state index in [4.69, 9.17) is 4.74 Å². The number of carbonyl (C=O) groups excluding carboxylic acids is 2. The van der Waals surface area contributed by atoms with Gasteiger partial charge in [-0.15, -0.1) is 0 Å². The van der Waals surface area contributed by atoms with E-state index in [1.807, 2.05) is 76.2 Å². The van der Waals surface area contributed by atoms with Crippen LogP contribution < -0.4 is 10.1 Å². The van der Waals surface area contributed by atoms with Crippen LogP contribution in [0.2, 0.25) is 0 Å². The summed E-state index contributed by atoms with van der Waals surface area (Å²) in [5.74, 6) is 0.302. The van der Waals surface area contributed by atoms with Crippen LogP contribution in [0.1, 0.15) is 50.8 Å². The predicted molar refractivity (Wildman–Crippen MR) is 120 cm³/mol. The number of carbonyl (C=O) groups is 2. The van der Waals surface area contributed by atoms with Crippen LogP contribution in [0.15, 0.2) is 48.5 Å². The first-order chi connectivity index (χ1) is 14.3. The Labute approximate surface area is 180 Å². The zero-order valence-corrected chi connectivity index (χ0v) is 18.8. The van der Waals surface area contributed by atoms with Crippen molar-refractivity contribution in [3.8, 4) is 5.75 Å². The molecule has 0 radical (unpaired) electrons. The van der Waals surface area contributed by atoms with Crippen LogP contribution in [0, 0.1) is 6.92 Å². The highest BCUT2D eigenvalue weighted by molar-refractivity contribution is 5.88. The molecule has 0 aliphatic carbocycles. The van der Waals surface area contributed by atoms with Crippen molar-refractivity contribution in [3.05, 3.63) is 65.2 Å². The first kappa shape index (κ1) is 23.5. The molecule has 0 aliphatic heterocycles. The fraction of sp³-hybridized carbons (Fsp3) is 0.440. The van der Waals surface area contributed by atoms with E-state index in [1.165, 1.54) is 5.56 Å². The van der Waals surface area contributed by atoms with E-state index in [-0.39, 0.29) is 24.5 Å². The minimum Gasteiger partial charge on any atom is -0.484 e. The maximum absolute atomic E-state index is 13.1. The fourth-order valence-corrected chi connectivity index (χ4v) is 3.24. The number of rotatable bonds is 10. The third kappa shape index (κ3) is 6.90. The van der Waals surface area contributed by atoms with Gasteiger partial charge in [0, 0.05) is 12.6 Å². The Morgan fingerprint density at radius 3 is 2.10 bits per heavy atom. The molecule has 0 fully saturated rings. The van der Waals surface area contributed by atoms with Gasteiger partial charge < -0.3 is 15.0 Å². The summed E-state index contributed by atoms with van der Waals surface area (Å²) >= 11 is 0. The van der Waals surface area contributed by atoms with Gasteiger partial charge in [-0.2, -0.15) is 0 Å². The third-order valence-corrected chi connectivity index (χ3v) is 4.98. The number of nitrogens with one attached hydrogen (secondary N) is 1. The number of hydrogen-bond donors (Lipinski definition) is 1. The van der Waals surface area contributed by atoms with Gasteiger partial charge in [-0.3, -0.25) is 9.59 Å². The van der Waals surface area contributed by atoms with Crippen molar-refractivity contribution >= 4 is 11.8 Å². The van der Waals surface area contributed by atoms with Crippen molar-refractivity contribution in [2.24, 2.45) is 0 Å². The Balaban J connectivity index is 2.17. The van der Waals surface area contributed by atoms with Gasteiger partial charge in [0.05, 0.1) is 0 Å². The SMILES string of the molecule is CCc1ccc(OCC(=O)N(Cc2ccc(C)cc2)[C@H](CC)C(=O)NC(C)C)cc1. The standard InChI is InChI=1S/C25H34N2O3/c1-6-20-12-14-22(15-13-20)30-17-24(28)27(16-21-10-8-19(5)9-11-21)23(7-2)25(29)26-18(3)4/h8-15,18,23H,6-7,16-17H2,1-5H3,(H,26,29)/t23-/m1/s1. The molecular weight excluding hydrogens is 376 g/mol. The number of nitrogens with zero attached hydrogens (tertiary/aromatic N) is 1. The maximum Gasteiger partial charge on any atom is 0.261 e. The molecule has 2 aromatic rings. The molecule has 0 saturated heterocycles. The van der Waals surface area contributed by atoms with E-state index in [1.54, 1.807) is 4.90 Å². The van der Waals surface area contributed by atoms with E-state index >= 15 is 0 Å². The van der Waals surface area contributed by atoms with Gasteiger partial charge in [-0.05, 0) is 56.9 Å². The maximum atomic E-state index is 13.1. The van der Waals surface area contributed by atoms with Crippen molar-refractivity contribution in [3.63, 3.8) is 0 Å². The van der Waals surface area contributed by atoms with Crippen LogP contribution in [-0.2, 0) is 22.6 Å². The largest absolute Gasteiger partial charge is 0.484 e. The quantitative estimate of drug-likeness (QED) is 0.636. The molecule has 30 heavy (non-hydrogen) atoms. The molecular formula is C25H34N2O3. The summed E-state index contributed by atoms with van der Waals surface area (Å²) in [4.78, 5) is 27.5. The Hall–Kier alpha value is -2.82. The van der Waals surface area contributed by atoms with Gasteiger partial charge in [0.15, 0.2) is 6.61 Å². The molecule has 0 aliphatic rings. The summed E-state index contributed by atoms with van der Waals surface area (Å²) in [5, 5.41) is 2.94. The average Bonchev–Trinajstić information content (AvgIpc) is 2.73. The molecule has 5 nitrogen and oxygen atoms in total. The summed E-state index contributed by atoms with van der Waals surface area (Å²) in [7, 11) is 0. The number of hydrogen-bond acceptors (Lipinski definition) is 3. The second kappa shape index (κ2) is 11.4. The second-order valence-electron chi connectivity index (χ2n) is 7.88. The monoisotopic (exact) mass is 410 g/mol. The minimum absolute atomic E-state index is 0.0104. The van der Waals surface area contributed by atoms with Crippen LogP contribution in [-0.4, -0.2) is 35.4 Å². The molecule has 0 aromatic heterocycles.